The number of benzene rings is 1. The summed E-state index contributed by atoms with van der Waals surface area (Å²) < 4.78 is 14.4. The van der Waals surface area contributed by atoms with Crippen LogP contribution >= 0.6 is 38.5 Å². The van der Waals surface area contributed by atoms with Gasteiger partial charge in [-0.25, -0.2) is 0 Å². The van der Waals surface area contributed by atoms with Gasteiger partial charge in [0.05, 0.1) is 6.67 Å². The lowest BCUT2D eigenvalue weighted by molar-refractivity contribution is 0.515. The van der Waals surface area contributed by atoms with Crippen LogP contribution in [0.1, 0.15) is 12.5 Å². The topological polar surface area (TPSA) is 0 Å². The van der Waals surface area contributed by atoms with Gasteiger partial charge in [0.1, 0.15) is 0 Å². The van der Waals surface area contributed by atoms with Gasteiger partial charge in [-0.15, -0.1) is 0 Å². The zero-order valence-corrected chi connectivity index (χ0v) is 10.3. The molecule has 3 heteroatoms. The quantitative estimate of drug-likeness (QED) is 0.714. The minimum absolute atomic E-state index is 0.390. The highest BCUT2D eigenvalue weighted by Crippen LogP contribution is 2.28. The monoisotopic (exact) mass is 341 g/mol. The smallest absolute Gasteiger partial charge is 0.0998 e. The molecule has 0 aliphatic heterocycles. The Morgan fingerprint density at radius 2 is 2.25 bits per heavy atom. The summed E-state index contributed by atoms with van der Waals surface area (Å²) in [5.41, 5.74) is 0.962. The molecule has 0 bridgehead atoms. The first-order valence-corrected chi connectivity index (χ1v) is 5.36. The zero-order chi connectivity index (χ0) is 9.14. The third kappa shape index (κ3) is 2.19. The molecule has 0 fully saturated rings. The van der Waals surface area contributed by atoms with E-state index in [2.05, 4.69) is 38.5 Å². The van der Waals surface area contributed by atoms with E-state index in [4.69, 9.17) is 0 Å². The third-order valence-electron chi connectivity index (χ3n) is 1.61. The van der Waals surface area contributed by atoms with Crippen LogP contribution in [0.3, 0.4) is 0 Å². The van der Waals surface area contributed by atoms with Gasteiger partial charge in [-0.3, -0.25) is 4.39 Å². The first-order valence-electron chi connectivity index (χ1n) is 3.49. The van der Waals surface area contributed by atoms with Crippen LogP contribution in [0, 0.1) is 9.49 Å². The van der Waals surface area contributed by atoms with Crippen LogP contribution < -0.4 is 0 Å². The Morgan fingerprint density at radius 3 is 2.83 bits per heavy atom. The summed E-state index contributed by atoms with van der Waals surface area (Å²) in [6.07, 6.45) is 0. The molecule has 0 amide bonds. The molecule has 1 aromatic carbocycles. The van der Waals surface area contributed by atoms with E-state index in [-0.39, 0.29) is 0 Å². The molecule has 1 aromatic rings. The first kappa shape index (κ1) is 10.4. The minimum Gasteiger partial charge on any atom is -0.250 e. The second kappa shape index (κ2) is 4.56. The molecule has 0 N–H and O–H groups in total. The van der Waals surface area contributed by atoms with Gasteiger partial charge < -0.3 is 0 Å². The highest BCUT2D eigenvalue weighted by molar-refractivity contribution is 14.1. The number of halogens is 3. The predicted molar refractivity (Wildman–Crippen MR) is 60.9 cm³/mol. The first-order chi connectivity index (χ1) is 5.66. The molecule has 0 aliphatic rings. The van der Waals surface area contributed by atoms with Gasteiger partial charge in [0.25, 0.3) is 0 Å². The van der Waals surface area contributed by atoms with Crippen LogP contribution in [-0.2, 0) is 0 Å². The SMILES string of the molecule is C[C](CF)c1cccc(I)c1Br. The molecule has 0 spiro atoms. The molecule has 0 heterocycles. The molecule has 1 radical (unpaired) electrons. The van der Waals surface area contributed by atoms with Crippen molar-refractivity contribution in [1.29, 1.82) is 0 Å². The molecule has 0 saturated heterocycles. The van der Waals surface area contributed by atoms with Crippen molar-refractivity contribution < 1.29 is 4.39 Å². The van der Waals surface area contributed by atoms with Crippen LogP contribution in [0.4, 0.5) is 4.39 Å². The Hall–Kier alpha value is 0.360. The fraction of sp³-hybridized carbons (Fsp3) is 0.222. The van der Waals surface area contributed by atoms with Gasteiger partial charge in [-0.05, 0) is 50.2 Å². The van der Waals surface area contributed by atoms with Gasteiger partial charge >= 0.3 is 0 Å². The number of rotatable bonds is 2. The Kier molecular flexibility index (Phi) is 3.96. The predicted octanol–water partition coefficient (Wildman–Crippen LogP) is 3.97. The van der Waals surface area contributed by atoms with Crippen molar-refractivity contribution in [2.45, 2.75) is 6.92 Å². The molecular formula is C9H8BrFI. The van der Waals surface area contributed by atoms with E-state index in [1.165, 1.54) is 0 Å². The van der Waals surface area contributed by atoms with Crippen molar-refractivity contribution in [1.82, 2.24) is 0 Å². The second-order valence-corrected chi connectivity index (χ2v) is 4.47. The summed E-state index contributed by atoms with van der Waals surface area (Å²) >= 11 is 5.64. The van der Waals surface area contributed by atoms with Crippen LogP contribution in [0.25, 0.3) is 0 Å². The number of hydrogen-bond acceptors (Lipinski definition) is 0. The highest BCUT2D eigenvalue weighted by Gasteiger charge is 2.10. The standard InChI is InChI=1S/C9H8BrFI/c1-6(5-11)7-3-2-4-8(12)9(7)10/h2-4H,5H2,1H3. The summed E-state index contributed by atoms with van der Waals surface area (Å²) in [7, 11) is 0. The summed E-state index contributed by atoms with van der Waals surface area (Å²) in [6.45, 7) is 1.41. The Labute approximate surface area is 93.8 Å². The molecule has 12 heavy (non-hydrogen) atoms. The van der Waals surface area contributed by atoms with Crippen LogP contribution in [-0.4, -0.2) is 6.67 Å². The van der Waals surface area contributed by atoms with E-state index < -0.39 is 6.67 Å². The summed E-state index contributed by atoms with van der Waals surface area (Å²) in [5, 5.41) is 0. The van der Waals surface area contributed by atoms with Gasteiger partial charge in [0.2, 0.25) is 0 Å². The van der Waals surface area contributed by atoms with Gasteiger partial charge in [-0.1, -0.05) is 19.1 Å². The van der Waals surface area contributed by atoms with E-state index in [1.807, 2.05) is 18.2 Å². The average molecular weight is 342 g/mol. The zero-order valence-electron chi connectivity index (χ0n) is 6.57. The van der Waals surface area contributed by atoms with Crippen molar-refractivity contribution in [3.8, 4) is 0 Å². The molecular weight excluding hydrogens is 334 g/mol. The van der Waals surface area contributed by atoms with Gasteiger partial charge in [0.15, 0.2) is 0 Å². The van der Waals surface area contributed by atoms with Crippen molar-refractivity contribution in [2.24, 2.45) is 0 Å². The van der Waals surface area contributed by atoms with Gasteiger partial charge in [-0.2, -0.15) is 0 Å². The van der Waals surface area contributed by atoms with Crippen molar-refractivity contribution in [3.05, 3.63) is 37.7 Å². The maximum atomic E-state index is 12.3. The maximum absolute atomic E-state index is 12.3. The lowest BCUT2D eigenvalue weighted by atomic mass is 10.0. The fourth-order valence-corrected chi connectivity index (χ4v) is 2.01. The summed E-state index contributed by atoms with van der Waals surface area (Å²) in [6, 6.07) is 5.84. The molecule has 1 rings (SSSR count). The Morgan fingerprint density at radius 1 is 1.58 bits per heavy atom. The molecule has 0 atom stereocenters. The van der Waals surface area contributed by atoms with Crippen molar-refractivity contribution >= 4 is 38.5 Å². The molecule has 0 aromatic heterocycles. The normalized spacial score (nSPS) is 10.8. The molecule has 65 valence electrons. The number of alkyl halides is 1. The Balaban J connectivity index is 3.07. The van der Waals surface area contributed by atoms with E-state index in [1.54, 1.807) is 6.92 Å². The molecule has 0 nitrogen and oxygen atoms in total. The fourth-order valence-electron chi connectivity index (χ4n) is 0.905. The Bertz CT molecular complexity index is 275. The minimum atomic E-state index is -0.390. The highest BCUT2D eigenvalue weighted by atomic mass is 127. The largest absolute Gasteiger partial charge is 0.250 e. The van der Waals surface area contributed by atoms with E-state index >= 15 is 0 Å². The summed E-state index contributed by atoms with van der Waals surface area (Å²) in [5.74, 6) is 0.764. The lowest BCUT2D eigenvalue weighted by Crippen LogP contribution is -1.98. The summed E-state index contributed by atoms with van der Waals surface area (Å²) in [4.78, 5) is 0. The third-order valence-corrected chi connectivity index (χ3v) is 4.11. The van der Waals surface area contributed by atoms with E-state index in [0.29, 0.717) is 0 Å². The maximum Gasteiger partial charge on any atom is 0.0998 e. The average Bonchev–Trinajstić information content (AvgIpc) is 2.08. The van der Waals surface area contributed by atoms with Crippen LogP contribution in [0.5, 0.6) is 0 Å². The molecule has 0 aliphatic carbocycles. The van der Waals surface area contributed by atoms with Gasteiger partial charge in [0, 0.05) is 14.0 Å². The van der Waals surface area contributed by atoms with E-state index in [0.717, 1.165) is 19.5 Å². The van der Waals surface area contributed by atoms with Crippen molar-refractivity contribution in [2.75, 3.05) is 6.67 Å². The van der Waals surface area contributed by atoms with Crippen LogP contribution in [0.15, 0.2) is 22.7 Å². The van der Waals surface area contributed by atoms with E-state index in [9.17, 15) is 4.39 Å². The van der Waals surface area contributed by atoms with Crippen molar-refractivity contribution in [3.63, 3.8) is 0 Å². The van der Waals surface area contributed by atoms with Crippen LogP contribution in [0.2, 0.25) is 0 Å². The lowest BCUT2D eigenvalue weighted by Gasteiger charge is -2.09. The number of hydrogen-bond donors (Lipinski definition) is 0. The second-order valence-electron chi connectivity index (χ2n) is 2.52. The molecule has 0 saturated carbocycles. The molecule has 0 unspecified atom stereocenters.